The lowest BCUT2D eigenvalue weighted by Crippen LogP contribution is -2.35. The summed E-state index contributed by atoms with van der Waals surface area (Å²) in [6, 6.07) is 0. The molecule has 0 atom stereocenters. The summed E-state index contributed by atoms with van der Waals surface area (Å²) in [5.41, 5.74) is 5.34. The molecule has 0 fully saturated rings. The van der Waals surface area contributed by atoms with Gasteiger partial charge in [-0.25, -0.2) is 5.21 Å². The second kappa shape index (κ2) is 9.64. The number of nitrogens with zero attached hydrogens (tertiary/aromatic N) is 3. The molecule has 8 nitrogen and oxygen atoms in total. The van der Waals surface area contributed by atoms with Crippen LogP contribution in [0.2, 0.25) is 0 Å². The minimum absolute atomic E-state index is 0.114. The second-order valence-corrected chi connectivity index (χ2v) is 3.36. The highest BCUT2D eigenvalue weighted by Crippen LogP contribution is 1.98. The van der Waals surface area contributed by atoms with Gasteiger partial charge >= 0.3 is 5.97 Å². The molecule has 0 unspecified atom stereocenters. The lowest BCUT2D eigenvalue weighted by Gasteiger charge is -2.11. The van der Waals surface area contributed by atoms with E-state index < -0.39 is 0 Å². The molecule has 0 spiro atoms. The van der Waals surface area contributed by atoms with E-state index in [4.69, 9.17) is 15.7 Å². The molecule has 0 heterocycles. The van der Waals surface area contributed by atoms with E-state index in [-0.39, 0.29) is 18.9 Å². The highest BCUT2D eigenvalue weighted by molar-refractivity contribution is 5.69. The van der Waals surface area contributed by atoms with E-state index in [0.29, 0.717) is 24.7 Å². The Morgan fingerprint density at radius 3 is 2.71 bits per heavy atom. The van der Waals surface area contributed by atoms with Gasteiger partial charge in [-0.1, -0.05) is 0 Å². The highest BCUT2D eigenvalue weighted by atomic mass is 16.6. The Balaban J connectivity index is 4.06. The minimum Gasteiger partial charge on any atom is -0.466 e. The number of carbonyl (C=O) groups is 1. The first-order chi connectivity index (χ1) is 8.15. The van der Waals surface area contributed by atoms with Crippen molar-refractivity contribution in [1.82, 2.24) is 5.01 Å². The summed E-state index contributed by atoms with van der Waals surface area (Å²) < 4.78 is 4.75. The Bertz CT molecular complexity index is 247. The van der Waals surface area contributed by atoms with Gasteiger partial charge in [0.05, 0.1) is 26.1 Å². The third kappa shape index (κ3) is 7.34. The molecule has 0 rings (SSSR count). The SMILES string of the molecule is CCOC(=O)CCN(CCCCN)/[N+](O)=N/O. The smallest absolute Gasteiger partial charge is 0.307 e. The lowest BCUT2D eigenvalue weighted by atomic mass is 10.3. The van der Waals surface area contributed by atoms with Crippen LogP contribution in [0.3, 0.4) is 0 Å². The molecule has 17 heavy (non-hydrogen) atoms. The van der Waals surface area contributed by atoms with Crippen LogP contribution in [0.15, 0.2) is 5.28 Å². The fraction of sp³-hybridized carbons (Fsp3) is 0.889. The Morgan fingerprint density at radius 2 is 2.18 bits per heavy atom. The van der Waals surface area contributed by atoms with Gasteiger partial charge in [-0.05, 0) is 26.3 Å². The van der Waals surface area contributed by atoms with Gasteiger partial charge < -0.3 is 15.7 Å². The first-order valence-corrected chi connectivity index (χ1v) is 5.60. The first kappa shape index (κ1) is 15.4. The molecule has 0 aliphatic heterocycles. The number of nitrogens with two attached hydrogens (primary N) is 1. The summed E-state index contributed by atoms with van der Waals surface area (Å²) in [6.45, 7) is 3.24. The zero-order valence-corrected chi connectivity index (χ0v) is 10.1. The van der Waals surface area contributed by atoms with Crippen LogP contribution in [0.4, 0.5) is 0 Å². The molecular weight excluding hydrogens is 228 g/mol. The van der Waals surface area contributed by atoms with Crippen molar-refractivity contribution in [1.29, 1.82) is 0 Å². The molecule has 8 heteroatoms. The van der Waals surface area contributed by atoms with E-state index in [9.17, 15) is 10.0 Å². The predicted molar refractivity (Wildman–Crippen MR) is 57.4 cm³/mol. The summed E-state index contributed by atoms with van der Waals surface area (Å²) in [5, 5.41) is 21.6. The zero-order valence-electron chi connectivity index (χ0n) is 10.1. The molecule has 0 saturated heterocycles. The number of carbonyl (C=O) groups excluding carboxylic acids is 1. The molecule has 100 valence electrons. The molecule has 0 amide bonds. The molecular formula is C9H21N4O4+. The van der Waals surface area contributed by atoms with Gasteiger partial charge in [0, 0.05) is 0 Å². The van der Waals surface area contributed by atoms with Crippen LogP contribution < -0.4 is 5.73 Å². The van der Waals surface area contributed by atoms with E-state index >= 15 is 0 Å². The number of hydrogen-bond acceptors (Lipinski definition) is 4. The van der Waals surface area contributed by atoms with Crippen molar-refractivity contribution in [2.24, 2.45) is 11.0 Å². The van der Waals surface area contributed by atoms with Crippen LogP contribution in [0.1, 0.15) is 26.2 Å². The summed E-state index contributed by atoms with van der Waals surface area (Å²) >= 11 is 0. The maximum Gasteiger partial charge on any atom is 0.307 e. The van der Waals surface area contributed by atoms with Crippen LogP contribution in [0.5, 0.6) is 0 Å². The summed E-state index contributed by atoms with van der Waals surface area (Å²) in [6.07, 6.45) is 1.63. The van der Waals surface area contributed by atoms with Crippen LogP contribution in [-0.4, -0.2) is 52.6 Å². The van der Waals surface area contributed by atoms with Crippen LogP contribution in [0.25, 0.3) is 0 Å². The number of rotatable bonds is 9. The van der Waals surface area contributed by atoms with Gasteiger partial charge in [-0.3, -0.25) is 4.79 Å². The van der Waals surface area contributed by atoms with Crippen LogP contribution in [0, 0.1) is 0 Å². The molecule has 0 aliphatic carbocycles. The largest absolute Gasteiger partial charge is 0.466 e. The van der Waals surface area contributed by atoms with Gasteiger partial charge in [-0.15, -0.1) is 5.01 Å². The Kier molecular flexibility index (Phi) is 8.75. The molecule has 0 aromatic carbocycles. The average molecular weight is 249 g/mol. The third-order valence-corrected chi connectivity index (χ3v) is 2.08. The number of ether oxygens (including phenoxy) is 1. The molecule has 0 radical (unpaired) electrons. The number of unbranched alkanes of at least 4 members (excludes halogenated alkanes) is 1. The number of esters is 1. The molecule has 0 aliphatic rings. The van der Waals surface area contributed by atoms with Crippen molar-refractivity contribution < 1.29 is 24.9 Å². The van der Waals surface area contributed by atoms with Gasteiger partial charge in [-0.2, -0.15) is 0 Å². The second-order valence-electron chi connectivity index (χ2n) is 3.36. The van der Waals surface area contributed by atoms with Crippen molar-refractivity contribution in [2.45, 2.75) is 26.2 Å². The molecule has 0 aromatic rings. The number of hydrazine groups is 1. The van der Waals surface area contributed by atoms with Crippen molar-refractivity contribution in [2.75, 3.05) is 26.2 Å². The topological polar surface area (TPSA) is 111 Å². The van der Waals surface area contributed by atoms with Crippen molar-refractivity contribution in [3.8, 4) is 0 Å². The standard InChI is InChI=1S/C9H20N4O4/c1-2-17-9(14)5-8-12(13(16)11-15)7-4-3-6-10/h16H,2-8,10H2,1H3/p+1. The van der Waals surface area contributed by atoms with Crippen molar-refractivity contribution in [3.05, 3.63) is 0 Å². The fourth-order valence-corrected chi connectivity index (χ4v) is 1.24. The molecule has 4 N–H and O–H groups in total. The fourth-order valence-electron chi connectivity index (χ4n) is 1.24. The van der Waals surface area contributed by atoms with E-state index in [1.54, 1.807) is 6.92 Å². The third-order valence-electron chi connectivity index (χ3n) is 2.08. The van der Waals surface area contributed by atoms with Crippen molar-refractivity contribution in [3.63, 3.8) is 0 Å². The van der Waals surface area contributed by atoms with Gasteiger partial charge in [0.25, 0.3) is 10.2 Å². The van der Waals surface area contributed by atoms with Gasteiger partial charge in [0.1, 0.15) is 0 Å². The Morgan fingerprint density at radius 1 is 1.47 bits per heavy atom. The number of hydrogen-bond donors (Lipinski definition) is 3. The Hall–Kier alpha value is -1.57. The predicted octanol–water partition coefficient (Wildman–Crippen LogP) is 0.139. The highest BCUT2D eigenvalue weighted by Gasteiger charge is 2.19. The van der Waals surface area contributed by atoms with Gasteiger partial charge in [0.15, 0.2) is 0 Å². The first-order valence-electron chi connectivity index (χ1n) is 5.60. The van der Waals surface area contributed by atoms with Crippen molar-refractivity contribution >= 4 is 5.97 Å². The maximum absolute atomic E-state index is 11.1. The van der Waals surface area contributed by atoms with Crippen LogP contribution >= 0.6 is 0 Å². The van der Waals surface area contributed by atoms with E-state index in [0.717, 1.165) is 12.8 Å². The summed E-state index contributed by atoms with van der Waals surface area (Å²) in [4.78, 5) is 11.4. The summed E-state index contributed by atoms with van der Waals surface area (Å²) in [7, 11) is 0. The Labute approximate surface area is 100 Å². The van der Waals surface area contributed by atoms with E-state index in [2.05, 4.69) is 5.28 Å². The normalized spacial score (nSPS) is 11.3. The molecule has 0 aromatic heterocycles. The average Bonchev–Trinajstić information content (AvgIpc) is 2.33. The molecule has 0 bridgehead atoms. The monoisotopic (exact) mass is 249 g/mol. The van der Waals surface area contributed by atoms with E-state index in [1.807, 2.05) is 0 Å². The quantitative estimate of drug-likeness (QED) is 0.176. The maximum atomic E-state index is 11.1. The lowest BCUT2D eigenvalue weighted by molar-refractivity contribution is -0.941. The zero-order chi connectivity index (χ0) is 13.1. The minimum atomic E-state index is -0.359. The summed E-state index contributed by atoms with van der Waals surface area (Å²) in [5.74, 6) is -0.359. The van der Waals surface area contributed by atoms with Crippen LogP contribution in [-0.2, 0) is 9.53 Å². The van der Waals surface area contributed by atoms with Gasteiger partial charge in [0.2, 0.25) is 0 Å². The van der Waals surface area contributed by atoms with E-state index in [1.165, 1.54) is 5.01 Å². The molecule has 0 saturated carbocycles.